The van der Waals surface area contributed by atoms with Crippen LogP contribution in [0.1, 0.15) is 51.0 Å². The number of hydrogen-bond acceptors (Lipinski definition) is 5. The molecule has 1 aliphatic rings. The fourth-order valence-corrected chi connectivity index (χ4v) is 5.86. The van der Waals surface area contributed by atoms with Crippen LogP contribution in [0.15, 0.2) is 29.2 Å². The van der Waals surface area contributed by atoms with Crippen molar-refractivity contribution in [2.45, 2.75) is 68.7 Å². The predicted molar refractivity (Wildman–Crippen MR) is 122 cm³/mol. The maximum Gasteiger partial charge on any atom is 0.416 e. The number of hydrogen-bond donors (Lipinski definition) is 0. The molecule has 0 radical (unpaired) electrons. The van der Waals surface area contributed by atoms with Gasteiger partial charge in [0.15, 0.2) is 0 Å². The molecule has 0 bridgehead atoms. The summed E-state index contributed by atoms with van der Waals surface area (Å²) in [7, 11) is -0.0946. The largest absolute Gasteiger partial charge is 0.416 e. The zero-order valence-electron chi connectivity index (χ0n) is 19.8. The van der Waals surface area contributed by atoms with E-state index in [2.05, 4.69) is 11.9 Å². The van der Waals surface area contributed by atoms with E-state index in [4.69, 9.17) is 9.47 Å². The van der Waals surface area contributed by atoms with Crippen molar-refractivity contribution >= 4 is 10.0 Å². The van der Waals surface area contributed by atoms with Crippen LogP contribution in [0, 0.1) is 0 Å². The first-order chi connectivity index (χ1) is 15.6. The van der Waals surface area contributed by atoms with E-state index < -0.39 is 21.8 Å². The van der Waals surface area contributed by atoms with Gasteiger partial charge in [0.05, 0.1) is 23.2 Å². The van der Waals surface area contributed by atoms with Gasteiger partial charge in [-0.1, -0.05) is 6.92 Å². The Bertz CT molecular complexity index is 795. The van der Waals surface area contributed by atoms with Gasteiger partial charge >= 0.3 is 6.18 Å². The van der Waals surface area contributed by atoms with E-state index in [1.165, 1.54) is 4.31 Å². The Morgan fingerprint density at radius 3 is 2.18 bits per heavy atom. The highest BCUT2D eigenvalue weighted by molar-refractivity contribution is 7.89. The van der Waals surface area contributed by atoms with Crippen molar-refractivity contribution in [3.8, 4) is 0 Å². The second kappa shape index (κ2) is 13.0. The van der Waals surface area contributed by atoms with Crippen molar-refractivity contribution in [2.24, 2.45) is 0 Å². The average Bonchev–Trinajstić information content (AvgIpc) is 2.78. The molecule has 10 heteroatoms. The van der Waals surface area contributed by atoms with Crippen LogP contribution >= 0.6 is 0 Å². The van der Waals surface area contributed by atoms with E-state index >= 15 is 0 Å². The van der Waals surface area contributed by atoms with Gasteiger partial charge in [0.2, 0.25) is 10.0 Å². The molecule has 0 atom stereocenters. The molecule has 1 aromatic carbocycles. The molecule has 0 N–H and O–H groups in total. The van der Waals surface area contributed by atoms with Gasteiger partial charge in [-0.05, 0) is 76.4 Å². The van der Waals surface area contributed by atoms with Crippen LogP contribution in [0.25, 0.3) is 0 Å². The highest BCUT2D eigenvalue weighted by Gasteiger charge is 2.35. The van der Waals surface area contributed by atoms with Crippen LogP contribution in [0.2, 0.25) is 0 Å². The van der Waals surface area contributed by atoms with Gasteiger partial charge in [-0.25, -0.2) is 8.42 Å². The number of halogens is 3. The zero-order chi connectivity index (χ0) is 24.5. The molecule has 0 aliphatic heterocycles. The fraction of sp³-hybridized carbons (Fsp3) is 0.739. The first kappa shape index (κ1) is 28.0. The number of rotatable bonds is 13. The van der Waals surface area contributed by atoms with Crippen molar-refractivity contribution in [3.63, 3.8) is 0 Å². The number of ether oxygens (including phenoxy) is 2. The minimum absolute atomic E-state index is 0.105. The van der Waals surface area contributed by atoms with Crippen LogP contribution in [0.3, 0.4) is 0 Å². The number of sulfonamides is 1. The highest BCUT2D eigenvalue weighted by atomic mass is 32.2. The summed E-state index contributed by atoms with van der Waals surface area (Å²) >= 11 is 0. The van der Waals surface area contributed by atoms with E-state index in [1.807, 2.05) is 0 Å². The van der Waals surface area contributed by atoms with Crippen molar-refractivity contribution in [3.05, 3.63) is 29.8 Å². The summed E-state index contributed by atoms with van der Waals surface area (Å²) in [4.78, 5) is 2.12. The Morgan fingerprint density at radius 1 is 1.00 bits per heavy atom. The number of benzene rings is 1. The molecule has 1 fully saturated rings. The number of likely N-dealkylation sites (N-methyl/N-ethyl adjacent to an activating group) is 1. The van der Waals surface area contributed by atoms with Crippen LogP contribution < -0.4 is 0 Å². The Labute approximate surface area is 196 Å². The van der Waals surface area contributed by atoms with Gasteiger partial charge in [-0.15, -0.1) is 0 Å². The lowest BCUT2D eigenvalue weighted by Crippen LogP contribution is -2.43. The standard InChI is InChI=1S/C23H37F3N2O4S/c1-4-28(33(29,30)22-13-7-19(8-14-22)23(24,25)26)20-9-11-21(12-10-20)32-17-6-5-15-27(2)16-18-31-3/h7-8,13-14,20-21H,4-6,9-12,15-18H2,1-3H3. The molecule has 0 unspecified atom stereocenters. The summed E-state index contributed by atoms with van der Waals surface area (Å²) < 4.78 is 77.0. The highest BCUT2D eigenvalue weighted by Crippen LogP contribution is 2.32. The van der Waals surface area contributed by atoms with E-state index in [1.54, 1.807) is 14.0 Å². The van der Waals surface area contributed by atoms with E-state index in [-0.39, 0.29) is 23.6 Å². The quantitative estimate of drug-likeness (QED) is 0.381. The lowest BCUT2D eigenvalue weighted by Gasteiger charge is -2.35. The maximum absolute atomic E-state index is 13.1. The first-order valence-corrected chi connectivity index (χ1v) is 13.0. The number of nitrogens with zero attached hydrogens (tertiary/aromatic N) is 2. The molecule has 1 saturated carbocycles. The fourth-order valence-electron chi connectivity index (χ4n) is 4.17. The van der Waals surface area contributed by atoms with Crippen molar-refractivity contribution in [1.29, 1.82) is 0 Å². The van der Waals surface area contributed by atoms with E-state index in [9.17, 15) is 21.6 Å². The smallest absolute Gasteiger partial charge is 0.383 e. The summed E-state index contributed by atoms with van der Waals surface area (Å²) in [5.41, 5.74) is -0.858. The Morgan fingerprint density at radius 2 is 1.64 bits per heavy atom. The summed E-state index contributed by atoms with van der Waals surface area (Å²) in [6.45, 7) is 5.34. The third kappa shape index (κ3) is 8.51. The lowest BCUT2D eigenvalue weighted by molar-refractivity contribution is -0.137. The van der Waals surface area contributed by atoms with Gasteiger partial charge < -0.3 is 14.4 Å². The second-order valence-electron chi connectivity index (χ2n) is 8.54. The molecule has 1 aromatic rings. The van der Waals surface area contributed by atoms with Crippen molar-refractivity contribution in [1.82, 2.24) is 9.21 Å². The SMILES string of the molecule is CCN(C1CCC(OCCCCN(C)CCOC)CC1)S(=O)(=O)c1ccc(C(F)(F)F)cc1. The molecule has 0 heterocycles. The molecular formula is C23H37F3N2O4S. The van der Waals surface area contributed by atoms with Crippen LogP contribution in [-0.2, 0) is 25.7 Å². The average molecular weight is 495 g/mol. The molecule has 6 nitrogen and oxygen atoms in total. The third-order valence-corrected chi connectivity index (χ3v) is 8.16. The molecule has 1 aliphatic carbocycles. The first-order valence-electron chi connectivity index (χ1n) is 11.6. The van der Waals surface area contributed by atoms with Gasteiger partial charge in [0, 0.05) is 32.8 Å². The normalized spacial score (nSPS) is 20.0. The molecule has 0 saturated heterocycles. The summed E-state index contributed by atoms with van der Waals surface area (Å²) in [5, 5.41) is 0. The maximum atomic E-state index is 13.1. The van der Waals surface area contributed by atoms with Crippen molar-refractivity contribution < 1.29 is 31.1 Å². The van der Waals surface area contributed by atoms with E-state index in [0.29, 0.717) is 19.4 Å². The van der Waals surface area contributed by atoms with Crippen LogP contribution in [-0.4, -0.2) is 76.8 Å². The minimum Gasteiger partial charge on any atom is -0.383 e. The number of methoxy groups -OCH3 is 1. The Hall–Kier alpha value is -1.20. The van der Waals surface area contributed by atoms with Gasteiger partial charge in [-0.2, -0.15) is 17.5 Å². The lowest BCUT2D eigenvalue weighted by atomic mass is 9.93. The number of alkyl halides is 3. The zero-order valence-corrected chi connectivity index (χ0v) is 20.6. The monoisotopic (exact) mass is 494 g/mol. The van der Waals surface area contributed by atoms with Gasteiger partial charge in [0.1, 0.15) is 0 Å². The molecule has 0 aromatic heterocycles. The summed E-state index contributed by atoms with van der Waals surface area (Å²) in [6, 6.07) is 3.56. The topological polar surface area (TPSA) is 59.1 Å². The predicted octanol–water partition coefficient (Wildman–Crippen LogP) is 4.40. The molecule has 0 amide bonds. The third-order valence-electron chi connectivity index (χ3n) is 6.12. The van der Waals surface area contributed by atoms with Crippen LogP contribution in [0.4, 0.5) is 13.2 Å². The summed E-state index contributed by atoms with van der Waals surface area (Å²) in [6.07, 6.45) is 0.557. The second-order valence-corrected chi connectivity index (χ2v) is 10.4. The molecule has 0 spiro atoms. The molecule has 33 heavy (non-hydrogen) atoms. The van der Waals surface area contributed by atoms with Crippen LogP contribution in [0.5, 0.6) is 0 Å². The number of unbranched alkanes of at least 4 members (excludes halogenated alkanes) is 1. The summed E-state index contributed by atoms with van der Waals surface area (Å²) in [5.74, 6) is 0. The van der Waals surface area contributed by atoms with Crippen molar-refractivity contribution in [2.75, 3.05) is 47.0 Å². The van der Waals surface area contributed by atoms with Gasteiger partial charge in [0.25, 0.3) is 0 Å². The molecule has 2 rings (SSSR count). The van der Waals surface area contributed by atoms with E-state index in [0.717, 1.165) is 69.6 Å². The Balaban J connectivity index is 1.81. The Kier molecular flexibility index (Phi) is 11.1. The minimum atomic E-state index is -4.49. The molecular weight excluding hydrogens is 457 g/mol. The van der Waals surface area contributed by atoms with Gasteiger partial charge in [-0.3, -0.25) is 0 Å². The molecule has 190 valence electrons.